The normalized spacial score (nSPS) is 18.2. The van der Waals surface area contributed by atoms with E-state index in [9.17, 15) is 4.79 Å². The van der Waals surface area contributed by atoms with Gasteiger partial charge in [-0.05, 0) is 38.8 Å². The molecule has 24 heavy (non-hydrogen) atoms. The Balaban J connectivity index is 1.60. The van der Waals surface area contributed by atoms with Gasteiger partial charge in [-0.3, -0.25) is 9.48 Å². The maximum Gasteiger partial charge on any atom is 0.259 e. The molecule has 0 aromatic carbocycles. The first-order chi connectivity index (χ1) is 11.6. The van der Waals surface area contributed by atoms with Gasteiger partial charge in [-0.2, -0.15) is 10.2 Å². The molecule has 7 heteroatoms. The molecule has 1 atom stereocenters. The molecule has 0 saturated carbocycles. The minimum atomic E-state index is -0.00469. The van der Waals surface area contributed by atoms with Crippen LogP contribution in [-0.2, 0) is 0 Å². The molecule has 4 rings (SSSR count). The molecular weight excluding hydrogens is 304 g/mol. The molecule has 3 aromatic rings. The summed E-state index contributed by atoms with van der Waals surface area (Å²) in [4.78, 5) is 19.1. The second-order valence-corrected chi connectivity index (χ2v) is 6.37. The number of amides is 1. The summed E-state index contributed by atoms with van der Waals surface area (Å²) in [5.74, 6) is -0.00469. The van der Waals surface area contributed by atoms with Gasteiger partial charge >= 0.3 is 0 Å². The van der Waals surface area contributed by atoms with E-state index in [4.69, 9.17) is 0 Å². The molecule has 1 fully saturated rings. The van der Waals surface area contributed by atoms with E-state index in [1.165, 1.54) is 0 Å². The Morgan fingerprint density at radius 2 is 2.21 bits per heavy atom. The van der Waals surface area contributed by atoms with Gasteiger partial charge in [0.1, 0.15) is 5.56 Å². The van der Waals surface area contributed by atoms with Gasteiger partial charge in [0.25, 0.3) is 5.91 Å². The number of fused-ring (bicyclic) bond motifs is 1. The summed E-state index contributed by atoms with van der Waals surface area (Å²) in [7, 11) is 0. The Morgan fingerprint density at radius 1 is 1.33 bits per heavy atom. The summed E-state index contributed by atoms with van der Waals surface area (Å²) in [6.07, 6.45) is 7.11. The third-order valence-corrected chi connectivity index (χ3v) is 4.58. The van der Waals surface area contributed by atoms with Crippen LogP contribution in [-0.4, -0.2) is 48.3 Å². The van der Waals surface area contributed by atoms with Crippen LogP contribution >= 0.6 is 0 Å². The largest absolute Gasteiger partial charge is 0.336 e. The van der Waals surface area contributed by atoms with Crippen molar-refractivity contribution in [1.29, 1.82) is 0 Å². The van der Waals surface area contributed by atoms with Crippen LogP contribution in [0.5, 0.6) is 0 Å². The van der Waals surface area contributed by atoms with E-state index in [1.54, 1.807) is 29.2 Å². The zero-order valence-corrected chi connectivity index (χ0v) is 13.9. The fraction of sp³-hybridized carbons (Fsp3) is 0.412. The van der Waals surface area contributed by atoms with Gasteiger partial charge in [-0.25, -0.2) is 9.50 Å². The van der Waals surface area contributed by atoms with E-state index in [2.05, 4.69) is 32.9 Å². The SMILES string of the molecule is Cc1cc(C)n([C@@H]2CCCN(C(=O)c3cnn4cccnc34)C2)n1. The Labute approximate surface area is 139 Å². The minimum absolute atomic E-state index is 0.00469. The topological polar surface area (TPSA) is 68.3 Å². The number of piperidine rings is 1. The van der Waals surface area contributed by atoms with Crippen LogP contribution in [0, 0.1) is 13.8 Å². The van der Waals surface area contributed by atoms with Gasteiger partial charge in [-0.15, -0.1) is 0 Å². The molecule has 0 radical (unpaired) electrons. The first-order valence-corrected chi connectivity index (χ1v) is 8.24. The van der Waals surface area contributed by atoms with Crippen LogP contribution in [0.3, 0.4) is 0 Å². The molecule has 4 heterocycles. The quantitative estimate of drug-likeness (QED) is 0.723. The first-order valence-electron chi connectivity index (χ1n) is 8.24. The van der Waals surface area contributed by atoms with E-state index in [0.29, 0.717) is 17.8 Å². The Hall–Kier alpha value is -2.70. The van der Waals surface area contributed by atoms with E-state index in [1.807, 2.05) is 11.8 Å². The highest BCUT2D eigenvalue weighted by atomic mass is 16.2. The van der Waals surface area contributed by atoms with Crippen LogP contribution in [0.15, 0.2) is 30.7 Å². The number of nitrogens with zero attached hydrogens (tertiary/aromatic N) is 6. The van der Waals surface area contributed by atoms with Crippen molar-refractivity contribution in [2.45, 2.75) is 32.7 Å². The highest BCUT2D eigenvalue weighted by molar-refractivity contribution is 5.99. The molecule has 0 aliphatic carbocycles. The summed E-state index contributed by atoms with van der Waals surface area (Å²) in [6.45, 7) is 5.50. The lowest BCUT2D eigenvalue weighted by Gasteiger charge is -2.33. The smallest absolute Gasteiger partial charge is 0.259 e. The molecule has 0 spiro atoms. The number of likely N-dealkylation sites (tertiary alicyclic amines) is 1. The summed E-state index contributed by atoms with van der Waals surface area (Å²) in [5, 5.41) is 8.81. The van der Waals surface area contributed by atoms with E-state index < -0.39 is 0 Å². The minimum Gasteiger partial charge on any atom is -0.336 e. The predicted octanol–water partition coefficient (Wildman–Crippen LogP) is 2.02. The van der Waals surface area contributed by atoms with Gasteiger partial charge in [0, 0.05) is 31.2 Å². The zero-order chi connectivity index (χ0) is 16.7. The summed E-state index contributed by atoms with van der Waals surface area (Å²) in [5.41, 5.74) is 3.33. The molecule has 124 valence electrons. The lowest BCUT2D eigenvalue weighted by Crippen LogP contribution is -2.41. The van der Waals surface area contributed by atoms with E-state index in [0.717, 1.165) is 30.8 Å². The third kappa shape index (κ3) is 2.46. The molecule has 0 unspecified atom stereocenters. The first kappa shape index (κ1) is 14.9. The van der Waals surface area contributed by atoms with Crippen LogP contribution < -0.4 is 0 Å². The average Bonchev–Trinajstić information content (AvgIpc) is 3.17. The number of carbonyl (C=O) groups is 1. The van der Waals surface area contributed by atoms with Crippen LogP contribution in [0.1, 0.15) is 40.6 Å². The highest BCUT2D eigenvalue weighted by Gasteiger charge is 2.28. The molecule has 0 bridgehead atoms. The van der Waals surface area contributed by atoms with Crippen molar-refractivity contribution in [2.75, 3.05) is 13.1 Å². The number of carbonyl (C=O) groups excluding carboxylic acids is 1. The van der Waals surface area contributed by atoms with Gasteiger partial charge in [0.05, 0.1) is 17.9 Å². The summed E-state index contributed by atoms with van der Waals surface area (Å²) >= 11 is 0. The lowest BCUT2D eigenvalue weighted by molar-refractivity contribution is 0.0673. The number of aromatic nitrogens is 5. The number of rotatable bonds is 2. The molecule has 7 nitrogen and oxygen atoms in total. The second-order valence-electron chi connectivity index (χ2n) is 6.37. The van der Waals surface area contributed by atoms with Crippen molar-refractivity contribution in [3.05, 3.63) is 47.7 Å². The number of hydrogen-bond donors (Lipinski definition) is 0. The molecule has 3 aromatic heterocycles. The van der Waals surface area contributed by atoms with E-state index in [-0.39, 0.29) is 11.9 Å². The van der Waals surface area contributed by atoms with Crippen LogP contribution in [0.2, 0.25) is 0 Å². The van der Waals surface area contributed by atoms with Gasteiger partial charge < -0.3 is 4.90 Å². The molecule has 1 aliphatic rings. The Kier molecular flexibility index (Phi) is 3.55. The van der Waals surface area contributed by atoms with E-state index >= 15 is 0 Å². The number of hydrogen-bond acceptors (Lipinski definition) is 4. The van der Waals surface area contributed by atoms with Gasteiger partial charge in [0.2, 0.25) is 0 Å². The number of aryl methyl sites for hydroxylation is 2. The fourth-order valence-electron chi connectivity index (χ4n) is 3.50. The Bertz CT molecular complexity index is 896. The fourth-order valence-corrected chi connectivity index (χ4v) is 3.50. The zero-order valence-electron chi connectivity index (χ0n) is 13.9. The molecule has 1 saturated heterocycles. The van der Waals surface area contributed by atoms with Gasteiger partial charge in [-0.1, -0.05) is 0 Å². The molecule has 1 aliphatic heterocycles. The van der Waals surface area contributed by atoms with Crippen molar-refractivity contribution in [3.8, 4) is 0 Å². The average molecular weight is 324 g/mol. The van der Waals surface area contributed by atoms with Crippen molar-refractivity contribution < 1.29 is 4.79 Å². The lowest BCUT2D eigenvalue weighted by atomic mass is 10.0. The van der Waals surface area contributed by atoms with Crippen molar-refractivity contribution >= 4 is 11.6 Å². The highest BCUT2D eigenvalue weighted by Crippen LogP contribution is 2.24. The Morgan fingerprint density at radius 3 is 3.00 bits per heavy atom. The van der Waals surface area contributed by atoms with Gasteiger partial charge in [0.15, 0.2) is 5.65 Å². The van der Waals surface area contributed by atoms with Crippen LogP contribution in [0.4, 0.5) is 0 Å². The monoisotopic (exact) mass is 324 g/mol. The molecule has 1 amide bonds. The van der Waals surface area contributed by atoms with Crippen molar-refractivity contribution in [1.82, 2.24) is 29.3 Å². The third-order valence-electron chi connectivity index (χ3n) is 4.58. The second kappa shape index (κ2) is 5.74. The summed E-state index contributed by atoms with van der Waals surface area (Å²) < 4.78 is 3.69. The standard InChI is InChI=1S/C17H20N6O/c1-12-9-13(2)23(20-12)14-5-3-7-21(11-14)17(24)15-10-19-22-8-4-6-18-16(15)22/h4,6,8-10,14H,3,5,7,11H2,1-2H3/t14-/m1/s1. The van der Waals surface area contributed by atoms with Crippen LogP contribution in [0.25, 0.3) is 5.65 Å². The predicted molar refractivity (Wildman–Crippen MR) is 88.9 cm³/mol. The van der Waals surface area contributed by atoms with Crippen molar-refractivity contribution in [3.63, 3.8) is 0 Å². The molecule has 0 N–H and O–H groups in total. The maximum absolute atomic E-state index is 12.9. The maximum atomic E-state index is 12.9. The van der Waals surface area contributed by atoms with Crippen molar-refractivity contribution in [2.24, 2.45) is 0 Å². The molecular formula is C17H20N6O. The summed E-state index contributed by atoms with van der Waals surface area (Å²) in [6, 6.07) is 4.11.